The Balaban J connectivity index is 1.66. The first-order valence-corrected chi connectivity index (χ1v) is 9.97. The summed E-state index contributed by atoms with van der Waals surface area (Å²) in [6.45, 7) is 2.02. The minimum absolute atomic E-state index is 0.127. The summed E-state index contributed by atoms with van der Waals surface area (Å²) in [6.07, 6.45) is 1.65. The van der Waals surface area contributed by atoms with Crippen LogP contribution < -0.4 is 10.6 Å². The van der Waals surface area contributed by atoms with E-state index in [1.54, 1.807) is 6.26 Å². The molecule has 4 heteroatoms. The van der Waals surface area contributed by atoms with E-state index in [0.717, 1.165) is 28.1 Å². The summed E-state index contributed by atoms with van der Waals surface area (Å²) >= 11 is 0. The fraction of sp³-hybridized carbons (Fsp3) is 0.115. The molecule has 1 heterocycles. The SMILES string of the molecule is Cc1ccc(NC(=O)[C@H](N[C@H](c2ccccc2)c2ccco2)c2ccccc2)cc1. The third kappa shape index (κ3) is 4.67. The molecule has 30 heavy (non-hydrogen) atoms. The van der Waals surface area contributed by atoms with E-state index in [0.29, 0.717) is 0 Å². The van der Waals surface area contributed by atoms with Gasteiger partial charge in [0.15, 0.2) is 0 Å². The molecule has 3 aromatic carbocycles. The van der Waals surface area contributed by atoms with E-state index >= 15 is 0 Å². The number of benzene rings is 3. The largest absolute Gasteiger partial charge is 0.467 e. The van der Waals surface area contributed by atoms with Gasteiger partial charge in [0.1, 0.15) is 11.8 Å². The van der Waals surface area contributed by atoms with Crippen LogP contribution in [0.3, 0.4) is 0 Å². The molecule has 1 amide bonds. The minimum atomic E-state index is -0.567. The average Bonchev–Trinajstić information content (AvgIpc) is 3.32. The topological polar surface area (TPSA) is 54.3 Å². The summed E-state index contributed by atoms with van der Waals surface area (Å²) in [5.74, 6) is 0.628. The second-order valence-electron chi connectivity index (χ2n) is 7.22. The van der Waals surface area contributed by atoms with E-state index in [4.69, 9.17) is 4.42 Å². The second kappa shape index (κ2) is 9.25. The maximum absolute atomic E-state index is 13.3. The Kier molecular flexibility index (Phi) is 6.06. The smallest absolute Gasteiger partial charge is 0.246 e. The molecule has 4 aromatic rings. The lowest BCUT2D eigenvalue weighted by Crippen LogP contribution is -2.36. The number of carbonyl (C=O) groups is 1. The highest BCUT2D eigenvalue weighted by molar-refractivity contribution is 5.95. The molecule has 4 nitrogen and oxygen atoms in total. The van der Waals surface area contributed by atoms with Gasteiger partial charge in [0.25, 0.3) is 0 Å². The summed E-state index contributed by atoms with van der Waals surface area (Å²) in [4.78, 5) is 13.3. The predicted molar refractivity (Wildman–Crippen MR) is 119 cm³/mol. The Morgan fingerprint density at radius 2 is 1.40 bits per heavy atom. The van der Waals surface area contributed by atoms with E-state index in [1.165, 1.54) is 0 Å². The van der Waals surface area contributed by atoms with Crippen LogP contribution >= 0.6 is 0 Å². The van der Waals surface area contributed by atoms with Crippen molar-refractivity contribution in [3.05, 3.63) is 126 Å². The van der Waals surface area contributed by atoms with Crippen LogP contribution in [0.4, 0.5) is 5.69 Å². The van der Waals surface area contributed by atoms with Gasteiger partial charge >= 0.3 is 0 Å². The fourth-order valence-corrected chi connectivity index (χ4v) is 3.43. The Labute approximate surface area is 176 Å². The fourth-order valence-electron chi connectivity index (χ4n) is 3.43. The number of nitrogens with one attached hydrogen (secondary N) is 2. The van der Waals surface area contributed by atoms with Gasteiger partial charge in [0.05, 0.1) is 12.3 Å². The zero-order chi connectivity index (χ0) is 20.8. The minimum Gasteiger partial charge on any atom is -0.467 e. The molecular weight excluding hydrogens is 372 g/mol. The molecule has 0 aliphatic carbocycles. The molecule has 0 aliphatic heterocycles. The Morgan fingerprint density at radius 3 is 2.00 bits per heavy atom. The van der Waals surface area contributed by atoms with Gasteiger partial charge in [-0.3, -0.25) is 10.1 Å². The monoisotopic (exact) mass is 396 g/mol. The first-order valence-electron chi connectivity index (χ1n) is 9.97. The molecule has 0 fully saturated rings. The molecule has 0 saturated heterocycles. The number of hydrogen-bond donors (Lipinski definition) is 2. The predicted octanol–water partition coefficient (Wildman–Crippen LogP) is 5.65. The number of hydrogen-bond acceptors (Lipinski definition) is 3. The lowest BCUT2D eigenvalue weighted by molar-refractivity contribution is -0.118. The standard InChI is InChI=1S/C26H24N2O2/c1-19-14-16-22(17-15-19)27-26(29)25(21-11-6-3-7-12-21)28-24(23-13-8-18-30-23)20-9-4-2-5-10-20/h2-18,24-25,28H,1H3,(H,27,29)/t24-,25-/m1/s1. The number of amides is 1. The van der Waals surface area contributed by atoms with E-state index in [1.807, 2.05) is 104 Å². The number of aryl methyl sites for hydroxylation is 1. The van der Waals surface area contributed by atoms with Crippen molar-refractivity contribution >= 4 is 11.6 Å². The van der Waals surface area contributed by atoms with Crippen LogP contribution in [0.25, 0.3) is 0 Å². The van der Waals surface area contributed by atoms with Crippen LogP contribution in [0, 0.1) is 6.92 Å². The van der Waals surface area contributed by atoms with Gasteiger partial charge in [0, 0.05) is 5.69 Å². The molecule has 1 aromatic heterocycles. The highest BCUT2D eigenvalue weighted by atomic mass is 16.3. The molecule has 0 unspecified atom stereocenters. The number of carbonyl (C=O) groups excluding carboxylic acids is 1. The molecular formula is C26H24N2O2. The van der Waals surface area contributed by atoms with E-state index in [2.05, 4.69) is 10.6 Å². The van der Waals surface area contributed by atoms with Gasteiger partial charge in [-0.05, 0) is 42.3 Å². The quantitative estimate of drug-likeness (QED) is 0.425. The normalized spacial score (nSPS) is 12.8. The first kappa shape index (κ1) is 19.7. The van der Waals surface area contributed by atoms with Gasteiger partial charge < -0.3 is 9.73 Å². The van der Waals surface area contributed by atoms with Gasteiger partial charge in [-0.1, -0.05) is 78.4 Å². The van der Waals surface area contributed by atoms with E-state index in [-0.39, 0.29) is 11.9 Å². The van der Waals surface area contributed by atoms with Gasteiger partial charge in [0.2, 0.25) is 5.91 Å². The Hall–Kier alpha value is -3.63. The summed E-state index contributed by atoms with van der Waals surface area (Å²) in [5.41, 5.74) is 3.82. The molecule has 0 bridgehead atoms. The van der Waals surface area contributed by atoms with Crippen LogP contribution in [0.5, 0.6) is 0 Å². The lowest BCUT2D eigenvalue weighted by atomic mass is 10.00. The van der Waals surface area contributed by atoms with Crippen molar-refractivity contribution in [2.24, 2.45) is 0 Å². The van der Waals surface area contributed by atoms with Crippen molar-refractivity contribution in [2.45, 2.75) is 19.0 Å². The lowest BCUT2D eigenvalue weighted by Gasteiger charge is -2.25. The molecule has 0 radical (unpaired) electrons. The maximum atomic E-state index is 13.3. The van der Waals surface area contributed by atoms with Crippen LogP contribution in [0.2, 0.25) is 0 Å². The maximum Gasteiger partial charge on any atom is 0.246 e. The third-order valence-electron chi connectivity index (χ3n) is 5.01. The van der Waals surface area contributed by atoms with Crippen molar-refractivity contribution in [3.63, 3.8) is 0 Å². The first-order chi connectivity index (χ1) is 14.7. The molecule has 2 atom stereocenters. The summed E-state index contributed by atoms with van der Waals surface area (Å²) < 4.78 is 5.70. The Morgan fingerprint density at radius 1 is 0.767 bits per heavy atom. The zero-order valence-electron chi connectivity index (χ0n) is 16.8. The summed E-state index contributed by atoms with van der Waals surface area (Å²) in [5, 5.41) is 6.55. The van der Waals surface area contributed by atoms with Crippen molar-refractivity contribution in [3.8, 4) is 0 Å². The molecule has 2 N–H and O–H groups in total. The van der Waals surface area contributed by atoms with Crippen molar-refractivity contribution in [1.82, 2.24) is 5.32 Å². The van der Waals surface area contributed by atoms with Crippen molar-refractivity contribution in [2.75, 3.05) is 5.32 Å². The Bertz CT molecular complexity index is 1060. The van der Waals surface area contributed by atoms with Gasteiger partial charge in [-0.15, -0.1) is 0 Å². The van der Waals surface area contributed by atoms with Crippen molar-refractivity contribution in [1.29, 1.82) is 0 Å². The van der Waals surface area contributed by atoms with Crippen LogP contribution in [-0.4, -0.2) is 5.91 Å². The van der Waals surface area contributed by atoms with Crippen LogP contribution in [0.15, 0.2) is 108 Å². The molecule has 150 valence electrons. The van der Waals surface area contributed by atoms with E-state index < -0.39 is 6.04 Å². The number of anilines is 1. The summed E-state index contributed by atoms with van der Waals surface area (Å²) in [7, 11) is 0. The van der Waals surface area contributed by atoms with Crippen LogP contribution in [0.1, 0.15) is 34.5 Å². The molecule has 0 spiro atoms. The number of rotatable bonds is 7. The molecule has 0 aliphatic rings. The highest BCUT2D eigenvalue weighted by Crippen LogP contribution is 2.27. The van der Waals surface area contributed by atoms with Crippen molar-refractivity contribution < 1.29 is 9.21 Å². The number of furan rings is 1. The molecule has 0 saturated carbocycles. The highest BCUT2D eigenvalue weighted by Gasteiger charge is 2.27. The molecule has 4 rings (SSSR count). The van der Waals surface area contributed by atoms with Gasteiger partial charge in [-0.25, -0.2) is 0 Å². The average molecular weight is 396 g/mol. The van der Waals surface area contributed by atoms with E-state index in [9.17, 15) is 4.79 Å². The summed E-state index contributed by atoms with van der Waals surface area (Å²) in [6, 6.07) is 30.5. The zero-order valence-corrected chi connectivity index (χ0v) is 16.8. The second-order valence-corrected chi connectivity index (χ2v) is 7.22. The van der Waals surface area contributed by atoms with Gasteiger partial charge in [-0.2, -0.15) is 0 Å². The third-order valence-corrected chi connectivity index (χ3v) is 5.01. The van der Waals surface area contributed by atoms with Crippen LogP contribution in [-0.2, 0) is 4.79 Å².